The Morgan fingerprint density at radius 3 is 2.75 bits per heavy atom. The number of para-hydroxylation sites is 1. The lowest BCUT2D eigenvalue weighted by molar-refractivity contribution is -0.385. The number of nitrogens with zero attached hydrogens (tertiary/aromatic N) is 2. The molecule has 1 saturated heterocycles. The number of carbonyl (C=O) groups is 1. The van der Waals surface area contributed by atoms with Gasteiger partial charge in [0.15, 0.2) is 0 Å². The van der Waals surface area contributed by atoms with Gasteiger partial charge in [0.05, 0.1) is 10.3 Å². The Bertz CT molecular complexity index is 532. The zero-order chi connectivity index (χ0) is 14.8. The second kappa shape index (κ2) is 5.58. The molecule has 1 heterocycles. The van der Waals surface area contributed by atoms with Crippen LogP contribution in [0.1, 0.15) is 25.3 Å². The van der Waals surface area contributed by atoms with Crippen LogP contribution < -0.4 is 0 Å². The number of hydrogen-bond donors (Lipinski definition) is 1. The summed E-state index contributed by atoms with van der Waals surface area (Å²) in [5, 5.41) is 20.3. The molecule has 2 rings (SSSR count). The van der Waals surface area contributed by atoms with Crippen molar-refractivity contribution in [3.8, 4) is 0 Å². The number of benzene rings is 1. The summed E-state index contributed by atoms with van der Waals surface area (Å²) in [6.07, 6.45) is 1.18. The number of aliphatic carboxylic acids is 1. The lowest BCUT2D eigenvalue weighted by Gasteiger charge is -2.23. The van der Waals surface area contributed by atoms with Crippen molar-refractivity contribution in [2.75, 3.05) is 13.1 Å². The maximum absolute atomic E-state index is 11.4. The Morgan fingerprint density at radius 1 is 1.50 bits per heavy atom. The van der Waals surface area contributed by atoms with Gasteiger partial charge in [0.25, 0.3) is 5.69 Å². The molecule has 1 N–H and O–H groups in total. The molecule has 20 heavy (non-hydrogen) atoms. The van der Waals surface area contributed by atoms with Crippen LogP contribution in [0, 0.1) is 15.5 Å². The second-order valence-electron chi connectivity index (χ2n) is 5.29. The summed E-state index contributed by atoms with van der Waals surface area (Å²) in [4.78, 5) is 24.0. The van der Waals surface area contributed by atoms with Crippen molar-refractivity contribution in [3.63, 3.8) is 0 Å². The molecular formula is C14H18N2O4. The fraction of sp³-hybridized carbons (Fsp3) is 0.500. The second-order valence-corrected chi connectivity index (χ2v) is 5.29. The largest absolute Gasteiger partial charge is 0.481 e. The Balaban J connectivity index is 2.13. The minimum atomic E-state index is -0.773. The van der Waals surface area contributed by atoms with E-state index in [9.17, 15) is 20.0 Å². The molecule has 0 spiro atoms. The van der Waals surface area contributed by atoms with Gasteiger partial charge in [-0.25, -0.2) is 0 Å². The maximum Gasteiger partial charge on any atom is 0.310 e. The monoisotopic (exact) mass is 278 g/mol. The van der Waals surface area contributed by atoms with Gasteiger partial charge in [0.2, 0.25) is 0 Å². The van der Waals surface area contributed by atoms with Gasteiger partial charge in [0.1, 0.15) is 0 Å². The van der Waals surface area contributed by atoms with Crippen molar-refractivity contribution < 1.29 is 14.8 Å². The van der Waals surface area contributed by atoms with E-state index >= 15 is 0 Å². The maximum atomic E-state index is 11.4. The Labute approximate surface area is 117 Å². The molecule has 0 aliphatic carbocycles. The van der Waals surface area contributed by atoms with Crippen molar-refractivity contribution in [3.05, 3.63) is 39.9 Å². The lowest BCUT2D eigenvalue weighted by atomic mass is 9.84. The van der Waals surface area contributed by atoms with Crippen LogP contribution in [0.2, 0.25) is 0 Å². The van der Waals surface area contributed by atoms with E-state index in [-0.39, 0.29) is 5.69 Å². The molecule has 6 heteroatoms. The van der Waals surface area contributed by atoms with Crippen molar-refractivity contribution in [1.82, 2.24) is 4.90 Å². The standard InChI is InChI=1S/C14H18N2O4/c1-2-14(13(17)18)7-8-15(10-14)9-11-5-3-4-6-12(11)16(19)20/h3-6H,2,7-10H2,1H3,(H,17,18). The van der Waals surface area contributed by atoms with Crippen LogP contribution in [-0.2, 0) is 11.3 Å². The van der Waals surface area contributed by atoms with E-state index in [2.05, 4.69) is 0 Å². The lowest BCUT2D eigenvalue weighted by Crippen LogP contribution is -2.33. The smallest absolute Gasteiger partial charge is 0.310 e. The van der Waals surface area contributed by atoms with Crippen LogP contribution in [0.4, 0.5) is 5.69 Å². The zero-order valence-electron chi connectivity index (χ0n) is 11.4. The molecule has 6 nitrogen and oxygen atoms in total. The number of rotatable bonds is 5. The van der Waals surface area contributed by atoms with E-state index in [0.29, 0.717) is 38.0 Å². The van der Waals surface area contributed by atoms with Crippen LogP contribution in [0.15, 0.2) is 24.3 Å². The van der Waals surface area contributed by atoms with Crippen molar-refractivity contribution in [2.45, 2.75) is 26.3 Å². The summed E-state index contributed by atoms with van der Waals surface area (Å²) in [6.45, 7) is 3.41. The SMILES string of the molecule is CCC1(C(=O)O)CCN(Cc2ccccc2[N+](=O)[O-])C1. The highest BCUT2D eigenvalue weighted by Gasteiger charge is 2.43. The van der Waals surface area contributed by atoms with Crippen LogP contribution in [0.25, 0.3) is 0 Å². The van der Waals surface area contributed by atoms with Gasteiger partial charge in [-0.05, 0) is 19.4 Å². The number of nitro benzene ring substituents is 1. The van der Waals surface area contributed by atoms with Gasteiger partial charge in [-0.2, -0.15) is 0 Å². The van der Waals surface area contributed by atoms with Crippen LogP contribution in [-0.4, -0.2) is 34.0 Å². The van der Waals surface area contributed by atoms with E-state index in [1.807, 2.05) is 11.8 Å². The number of carboxylic acids is 1. The molecule has 1 fully saturated rings. The third kappa shape index (κ3) is 2.65. The first-order valence-corrected chi connectivity index (χ1v) is 6.66. The minimum Gasteiger partial charge on any atom is -0.481 e. The Morgan fingerprint density at radius 2 is 2.20 bits per heavy atom. The van der Waals surface area contributed by atoms with Gasteiger partial charge in [-0.3, -0.25) is 19.8 Å². The van der Waals surface area contributed by atoms with Gasteiger partial charge in [-0.15, -0.1) is 0 Å². The number of carboxylic acid groups (broad SMARTS) is 1. The van der Waals surface area contributed by atoms with E-state index in [1.54, 1.807) is 18.2 Å². The van der Waals surface area contributed by atoms with Crippen LogP contribution in [0.3, 0.4) is 0 Å². The fourth-order valence-corrected chi connectivity index (χ4v) is 2.77. The third-order valence-electron chi connectivity index (χ3n) is 4.15. The number of likely N-dealkylation sites (tertiary alicyclic amines) is 1. The molecule has 0 saturated carbocycles. The van der Waals surface area contributed by atoms with Crippen LogP contribution in [0.5, 0.6) is 0 Å². The Hall–Kier alpha value is -1.95. The average Bonchev–Trinajstić information content (AvgIpc) is 2.84. The minimum absolute atomic E-state index is 0.0943. The van der Waals surface area contributed by atoms with Gasteiger partial charge >= 0.3 is 5.97 Å². The highest BCUT2D eigenvalue weighted by atomic mass is 16.6. The molecular weight excluding hydrogens is 260 g/mol. The summed E-state index contributed by atoms with van der Waals surface area (Å²) in [5.74, 6) is -0.773. The van der Waals surface area contributed by atoms with Crippen molar-refractivity contribution in [2.24, 2.45) is 5.41 Å². The first-order chi connectivity index (χ1) is 9.48. The molecule has 1 atom stereocenters. The molecule has 1 aliphatic rings. The predicted molar refractivity (Wildman–Crippen MR) is 73.4 cm³/mol. The van der Waals surface area contributed by atoms with E-state index in [1.165, 1.54) is 6.07 Å². The first-order valence-electron chi connectivity index (χ1n) is 6.66. The van der Waals surface area contributed by atoms with Crippen LogP contribution >= 0.6 is 0 Å². The van der Waals surface area contributed by atoms with E-state index in [0.717, 1.165) is 0 Å². The molecule has 108 valence electrons. The first kappa shape index (κ1) is 14.5. The fourth-order valence-electron chi connectivity index (χ4n) is 2.77. The van der Waals surface area contributed by atoms with E-state index < -0.39 is 16.3 Å². The molecule has 0 aromatic heterocycles. The molecule has 1 aliphatic heterocycles. The molecule has 1 aromatic rings. The zero-order valence-corrected chi connectivity index (χ0v) is 11.4. The summed E-state index contributed by atoms with van der Waals surface area (Å²) < 4.78 is 0. The molecule has 1 aromatic carbocycles. The third-order valence-corrected chi connectivity index (χ3v) is 4.15. The average molecular weight is 278 g/mol. The van der Waals surface area contributed by atoms with Crippen molar-refractivity contribution in [1.29, 1.82) is 0 Å². The molecule has 0 bridgehead atoms. The van der Waals surface area contributed by atoms with Crippen molar-refractivity contribution >= 4 is 11.7 Å². The topological polar surface area (TPSA) is 83.7 Å². The van der Waals surface area contributed by atoms with Gasteiger partial charge < -0.3 is 5.11 Å². The van der Waals surface area contributed by atoms with E-state index in [4.69, 9.17) is 0 Å². The quantitative estimate of drug-likeness (QED) is 0.660. The van der Waals surface area contributed by atoms with Gasteiger partial charge in [-0.1, -0.05) is 25.1 Å². The summed E-state index contributed by atoms with van der Waals surface area (Å²) in [7, 11) is 0. The molecule has 1 unspecified atom stereocenters. The normalized spacial score (nSPS) is 22.9. The summed E-state index contributed by atoms with van der Waals surface area (Å²) in [5.41, 5.74) is 0.0235. The molecule has 0 amide bonds. The Kier molecular flexibility index (Phi) is 4.04. The summed E-state index contributed by atoms with van der Waals surface area (Å²) >= 11 is 0. The molecule has 0 radical (unpaired) electrons. The van der Waals surface area contributed by atoms with Gasteiger partial charge in [0, 0.05) is 24.7 Å². The number of hydrogen-bond acceptors (Lipinski definition) is 4. The predicted octanol–water partition coefficient (Wildman–Crippen LogP) is 2.28. The summed E-state index contributed by atoms with van der Waals surface area (Å²) in [6, 6.07) is 6.61. The highest BCUT2D eigenvalue weighted by Crippen LogP contribution is 2.35. The number of nitro groups is 1. The highest BCUT2D eigenvalue weighted by molar-refractivity contribution is 5.75.